The average molecular weight is 735 g/mol. The second-order valence-electron chi connectivity index (χ2n) is 15.0. The van der Waals surface area contributed by atoms with E-state index in [1.165, 1.54) is 128 Å². The van der Waals surface area contributed by atoms with Gasteiger partial charge in [0.15, 0.2) is 0 Å². The minimum absolute atomic E-state index is 0.163. The number of urea groups is 2. The van der Waals surface area contributed by atoms with Crippen molar-refractivity contribution in [3.05, 3.63) is 59.7 Å². The third-order valence-corrected chi connectivity index (χ3v) is 10.1. The molecule has 4 N–H and O–H groups in total. The molecule has 53 heavy (non-hydrogen) atoms. The molecule has 0 bridgehead atoms. The smallest absolute Gasteiger partial charge is 0.320 e. The van der Waals surface area contributed by atoms with Crippen LogP contribution in [0.1, 0.15) is 167 Å². The highest BCUT2D eigenvalue weighted by molar-refractivity contribution is 5.89. The number of hydrogen-bond donors (Lipinski definition) is 4. The summed E-state index contributed by atoms with van der Waals surface area (Å²) in [6.45, 7) is 14.3. The van der Waals surface area contributed by atoms with Crippen LogP contribution in [0, 0.1) is 0 Å². The van der Waals surface area contributed by atoms with Crippen LogP contribution in [0.15, 0.2) is 48.5 Å². The van der Waals surface area contributed by atoms with Crippen LogP contribution in [-0.2, 0) is 6.42 Å². The first-order valence-corrected chi connectivity index (χ1v) is 21.7. The molecule has 0 fully saturated rings. The van der Waals surface area contributed by atoms with Crippen molar-refractivity contribution >= 4 is 23.4 Å². The Kier molecular flexibility index (Phi) is 27.2. The second kappa shape index (κ2) is 31.3. The Balaban J connectivity index is 1.76. The van der Waals surface area contributed by atoms with Crippen molar-refractivity contribution < 1.29 is 9.59 Å². The molecule has 2 aromatic rings. The van der Waals surface area contributed by atoms with Gasteiger partial charge in [0.05, 0.1) is 13.3 Å². The Morgan fingerprint density at radius 3 is 1.02 bits per heavy atom. The molecular weight excluding hydrogens is 657 g/mol. The lowest BCUT2D eigenvalue weighted by Crippen LogP contribution is -2.40. The standard InChI is InChI=1S/C45H78N6O2/c1-5-9-13-17-19-23-35-50(33-21-15-11-7-3)38-46-44(52)48-42-29-25-40(26-30-42)37-41-27-31-43(32-28-41)49-45(53)47-39-51(34-22-16-12-8-4)36-24-20-18-14-10-6-2/h25-32H,5-24,33-39H2,1-4H3,(H2,46,48,52)(H2,47,49,53). The van der Waals surface area contributed by atoms with Crippen LogP contribution in [0.3, 0.4) is 0 Å². The average Bonchev–Trinajstić information content (AvgIpc) is 3.16. The summed E-state index contributed by atoms with van der Waals surface area (Å²) in [6, 6.07) is 15.8. The van der Waals surface area contributed by atoms with Gasteiger partial charge in [0.25, 0.3) is 0 Å². The van der Waals surface area contributed by atoms with Crippen LogP contribution >= 0.6 is 0 Å². The number of carbonyl (C=O) groups excluding carboxylic acids is 2. The molecule has 0 aliphatic carbocycles. The number of nitrogens with one attached hydrogen (secondary N) is 4. The number of anilines is 2. The van der Waals surface area contributed by atoms with E-state index in [1.807, 2.05) is 24.3 Å². The maximum Gasteiger partial charge on any atom is 0.320 e. The van der Waals surface area contributed by atoms with E-state index in [1.54, 1.807) is 0 Å². The van der Waals surface area contributed by atoms with Gasteiger partial charge in [0.1, 0.15) is 0 Å². The molecule has 8 heteroatoms. The van der Waals surface area contributed by atoms with Gasteiger partial charge >= 0.3 is 12.1 Å². The first kappa shape index (κ1) is 46.1. The predicted octanol–water partition coefficient (Wildman–Crippen LogP) is 11.9. The van der Waals surface area contributed by atoms with Gasteiger partial charge in [0.2, 0.25) is 0 Å². The zero-order chi connectivity index (χ0) is 38.2. The Bertz CT molecular complexity index is 1080. The molecule has 300 valence electrons. The molecule has 4 amide bonds. The number of nitrogens with zero attached hydrogens (tertiary/aromatic N) is 2. The van der Waals surface area contributed by atoms with Crippen molar-refractivity contribution in [2.45, 2.75) is 163 Å². The number of rotatable bonds is 32. The topological polar surface area (TPSA) is 88.7 Å². The summed E-state index contributed by atoms with van der Waals surface area (Å²) < 4.78 is 0. The summed E-state index contributed by atoms with van der Waals surface area (Å²) in [5.41, 5.74) is 3.90. The van der Waals surface area contributed by atoms with E-state index in [2.05, 4.69) is 83.0 Å². The fourth-order valence-electron chi connectivity index (χ4n) is 6.66. The van der Waals surface area contributed by atoms with Crippen molar-refractivity contribution in [1.29, 1.82) is 0 Å². The van der Waals surface area contributed by atoms with Gasteiger partial charge in [-0.3, -0.25) is 9.80 Å². The van der Waals surface area contributed by atoms with E-state index in [9.17, 15) is 9.59 Å². The van der Waals surface area contributed by atoms with Gasteiger partial charge in [-0.2, -0.15) is 0 Å². The van der Waals surface area contributed by atoms with E-state index < -0.39 is 0 Å². The number of unbranched alkanes of at least 4 members (excludes halogenated alkanes) is 16. The molecule has 0 saturated heterocycles. The first-order valence-electron chi connectivity index (χ1n) is 21.7. The van der Waals surface area contributed by atoms with E-state index in [0.29, 0.717) is 13.3 Å². The Morgan fingerprint density at radius 1 is 0.415 bits per heavy atom. The highest BCUT2D eigenvalue weighted by Gasteiger charge is 2.10. The number of carbonyl (C=O) groups is 2. The van der Waals surface area contributed by atoms with Crippen molar-refractivity contribution in [3.8, 4) is 0 Å². The fraction of sp³-hybridized carbons (Fsp3) is 0.689. The molecule has 0 saturated carbocycles. The summed E-state index contributed by atoms with van der Waals surface area (Å²) in [4.78, 5) is 30.3. The fourth-order valence-corrected chi connectivity index (χ4v) is 6.66. The van der Waals surface area contributed by atoms with Crippen LogP contribution in [-0.4, -0.2) is 61.4 Å². The zero-order valence-corrected chi connectivity index (χ0v) is 34.4. The lowest BCUT2D eigenvalue weighted by Gasteiger charge is -2.23. The van der Waals surface area contributed by atoms with Gasteiger partial charge in [0, 0.05) is 11.4 Å². The number of amides is 4. The molecular formula is C45H78N6O2. The largest absolute Gasteiger partial charge is 0.325 e. The van der Waals surface area contributed by atoms with Crippen molar-refractivity contribution in [2.24, 2.45) is 0 Å². The molecule has 0 unspecified atom stereocenters. The van der Waals surface area contributed by atoms with Crippen LogP contribution in [0.25, 0.3) is 0 Å². The summed E-state index contributed by atoms with van der Waals surface area (Å²) >= 11 is 0. The summed E-state index contributed by atoms with van der Waals surface area (Å²) in [5.74, 6) is 0. The lowest BCUT2D eigenvalue weighted by molar-refractivity contribution is 0.223. The third-order valence-electron chi connectivity index (χ3n) is 10.1. The monoisotopic (exact) mass is 735 g/mol. The van der Waals surface area contributed by atoms with Crippen molar-refractivity contribution in [3.63, 3.8) is 0 Å². The molecule has 2 rings (SSSR count). The van der Waals surface area contributed by atoms with E-state index in [4.69, 9.17) is 0 Å². The summed E-state index contributed by atoms with van der Waals surface area (Å²) in [5, 5.41) is 12.2. The van der Waals surface area contributed by atoms with Crippen molar-refractivity contribution in [2.75, 3.05) is 50.1 Å². The maximum absolute atomic E-state index is 12.8. The summed E-state index contributed by atoms with van der Waals surface area (Å²) in [6.07, 6.45) is 26.0. The molecule has 0 radical (unpaired) electrons. The highest BCUT2D eigenvalue weighted by Crippen LogP contribution is 2.17. The van der Waals surface area contributed by atoms with E-state index in [-0.39, 0.29) is 12.1 Å². The van der Waals surface area contributed by atoms with Crippen LogP contribution in [0.5, 0.6) is 0 Å². The molecule has 0 atom stereocenters. The zero-order valence-electron chi connectivity index (χ0n) is 34.4. The molecule has 0 heterocycles. The maximum atomic E-state index is 12.8. The lowest BCUT2D eigenvalue weighted by atomic mass is 10.0. The third kappa shape index (κ3) is 24.0. The minimum Gasteiger partial charge on any atom is -0.325 e. The van der Waals surface area contributed by atoms with Gasteiger partial charge in [-0.25, -0.2) is 9.59 Å². The van der Waals surface area contributed by atoms with Gasteiger partial charge in [-0.05, 0) is 93.7 Å². The number of benzene rings is 2. The van der Waals surface area contributed by atoms with Crippen LogP contribution in [0.4, 0.5) is 21.0 Å². The van der Waals surface area contributed by atoms with E-state index in [0.717, 1.165) is 55.1 Å². The second-order valence-corrected chi connectivity index (χ2v) is 15.0. The van der Waals surface area contributed by atoms with Gasteiger partial charge in [-0.15, -0.1) is 0 Å². The first-order chi connectivity index (χ1) is 26.0. The Morgan fingerprint density at radius 2 is 0.698 bits per heavy atom. The minimum atomic E-state index is -0.163. The molecule has 0 spiro atoms. The molecule has 8 nitrogen and oxygen atoms in total. The highest BCUT2D eigenvalue weighted by atomic mass is 16.2. The van der Waals surface area contributed by atoms with E-state index >= 15 is 0 Å². The summed E-state index contributed by atoms with van der Waals surface area (Å²) in [7, 11) is 0. The van der Waals surface area contributed by atoms with Crippen LogP contribution < -0.4 is 21.3 Å². The number of hydrogen-bond acceptors (Lipinski definition) is 4. The SMILES string of the molecule is CCCCCCCCN(CCCCCC)CNC(=O)Nc1ccc(Cc2ccc(NC(=O)NCN(CCCCCC)CCCCCCCC)cc2)cc1. The normalized spacial score (nSPS) is 11.3. The van der Waals surface area contributed by atoms with Crippen molar-refractivity contribution in [1.82, 2.24) is 20.4 Å². The molecule has 2 aromatic carbocycles. The molecule has 0 aliphatic heterocycles. The van der Waals surface area contributed by atoms with Gasteiger partial charge in [-0.1, -0.05) is 155 Å². The van der Waals surface area contributed by atoms with Crippen LogP contribution in [0.2, 0.25) is 0 Å². The van der Waals surface area contributed by atoms with Gasteiger partial charge < -0.3 is 21.3 Å². The Labute approximate surface area is 325 Å². The predicted molar refractivity (Wildman–Crippen MR) is 228 cm³/mol. The molecule has 0 aromatic heterocycles. The quantitative estimate of drug-likeness (QED) is 0.0445. The Hall–Kier alpha value is -3.10. The molecule has 0 aliphatic rings.